The highest BCUT2D eigenvalue weighted by Gasteiger charge is 2.09. The molecule has 2 N–H and O–H groups in total. The van der Waals surface area contributed by atoms with Crippen LogP contribution in [0.3, 0.4) is 0 Å². The van der Waals surface area contributed by atoms with Gasteiger partial charge in [-0.05, 0) is 25.5 Å². The van der Waals surface area contributed by atoms with Gasteiger partial charge in [0.1, 0.15) is 10.7 Å². The van der Waals surface area contributed by atoms with E-state index in [0.717, 1.165) is 12.2 Å². The van der Waals surface area contributed by atoms with Crippen LogP contribution in [0, 0.1) is 13.8 Å². The average Bonchev–Trinajstić information content (AvgIpc) is 2.37. The van der Waals surface area contributed by atoms with Gasteiger partial charge in [0.15, 0.2) is 0 Å². The summed E-state index contributed by atoms with van der Waals surface area (Å²) in [5, 5.41) is 0. The monoisotopic (exact) mass is 286 g/mol. The Balaban J connectivity index is 2.25. The van der Waals surface area contributed by atoms with Crippen molar-refractivity contribution in [3.8, 4) is 0 Å². The molecule has 0 spiro atoms. The molecule has 0 amide bonds. The number of thiocarbonyl (C=S) groups is 1. The predicted octanol–water partition coefficient (Wildman–Crippen LogP) is 2.36. The summed E-state index contributed by atoms with van der Waals surface area (Å²) in [6.07, 6.45) is 0. The molecule has 0 bridgehead atoms. The maximum Gasteiger partial charge on any atom is 0.226 e. The molecule has 2 rings (SSSR count). The summed E-state index contributed by atoms with van der Waals surface area (Å²) in [4.78, 5) is 11.1. The predicted molar refractivity (Wildman–Crippen MR) is 85.9 cm³/mol. The Bertz CT molecular complexity index is 640. The quantitative estimate of drug-likeness (QED) is 0.875. The van der Waals surface area contributed by atoms with Crippen molar-refractivity contribution in [3.05, 3.63) is 52.8 Å². The van der Waals surface area contributed by atoms with Crippen molar-refractivity contribution >= 4 is 23.2 Å². The van der Waals surface area contributed by atoms with Crippen LogP contribution in [0.25, 0.3) is 0 Å². The van der Waals surface area contributed by atoms with E-state index in [9.17, 15) is 0 Å². The zero-order valence-electron chi connectivity index (χ0n) is 11.9. The number of hydrogen-bond donors (Lipinski definition) is 1. The lowest BCUT2D eigenvalue weighted by Gasteiger charge is -2.18. The summed E-state index contributed by atoms with van der Waals surface area (Å²) >= 11 is 4.98. The molecule has 104 valence electrons. The first-order chi connectivity index (χ1) is 9.45. The molecule has 0 saturated carbocycles. The van der Waals surface area contributed by atoms with Crippen molar-refractivity contribution in [2.75, 3.05) is 11.9 Å². The number of benzene rings is 1. The molecule has 1 heterocycles. The fourth-order valence-electron chi connectivity index (χ4n) is 2.00. The molecule has 0 aliphatic rings. The topological polar surface area (TPSA) is 55.0 Å². The number of rotatable bonds is 4. The molecule has 4 nitrogen and oxygen atoms in total. The van der Waals surface area contributed by atoms with Crippen LogP contribution in [0.2, 0.25) is 0 Å². The Morgan fingerprint density at radius 3 is 2.65 bits per heavy atom. The van der Waals surface area contributed by atoms with E-state index in [1.807, 2.05) is 18.9 Å². The number of aromatic nitrogens is 2. The zero-order chi connectivity index (χ0) is 14.7. The maximum atomic E-state index is 5.65. The SMILES string of the molecule is Cc1cccc(CN(C)c2nc(C)cc(C(N)=S)n2)c1. The first kappa shape index (κ1) is 14.4. The van der Waals surface area contributed by atoms with E-state index in [0.29, 0.717) is 16.6 Å². The second-order valence-corrected chi connectivity index (χ2v) is 5.34. The molecule has 0 radical (unpaired) electrons. The van der Waals surface area contributed by atoms with Crippen molar-refractivity contribution in [3.63, 3.8) is 0 Å². The minimum atomic E-state index is 0.292. The minimum absolute atomic E-state index is 0.292. The van der Waals surface area contributed by atoms with Crippen molar-refractivity contribution in [1.29, 1.82) is 0 Å². The van der Waals surface area contributed by atoms with Crippen LogP contribution >= 0.6 is 12.2 Å². The molecule has 0 unspecified atom stereocenters. The molecule has 1 aromatic heterocycles. The molecule has 0 aliphatic heterocycles. The molecule has 2 aromatic rings. The van der Waals surface area contributed by atoms with Gasteiger partial charge in [0.25, 0.3) is 0 Å². The Morgan fingerprint density at radius 1 is 1.25 bits per heavy atom. The standard InChI is InChI=1S/C15H18N4S/c1-10-5-4-6-12(7-10)9-19(3)15-17-11(2)8-13(18-15)14(16)20/h4-8H,9H2,1-3H3,(H2,16,20). The normalized spacial score (nSPS) is 10.3. The second-order valence-electron chi connectivity index (χ2n) is 4.90. The summed E-state index contributed by atoms with van der Waals surface area (Å²) in [5.41, 5.74) is 9.57. The number of hydrogen-bond acceptors (Lipinski definition) is 4. The Kier molecular flexibility index (Phi) is 4.29. The summed E-state index contributed by atoms with van der Waals surface area (Å²) < 4.78 is 0. The van der Waals surface area contributed by atoms with Crippen LogP contribution < -0.4 is 10.6 Å². The molecule has 0 atom stereocenters. The third kappa shape index (κ3) is 3.51. The van der Waals surface area contributed by atoms with E-state index in [2.05, 4.69) is 41.2 Å². The van der Waals surface area contributed by atoms with Gasteiger partial charge in [0.05, 0.1) is 0 Å². The molecule has 20 heavy (non-hydrogen) atoms. The number of nitrogens with zero attached hydrogens (tertiary/aromatic N) is 3. The van der Waals surface area contributed by atoms with E-state index in [1.54, 1.807) is 6.07 Å². The van der Waals surface area contributed by atoms with Gasteiger partial charge in [-0.25, -0.2) is 9.97 Å². The first-order valence-electron chi connectivity index (χ1n) is 6.38. The molecule has 0 saturated heterocycles. The third-order valence-electron chi connectivity index (χ3n) is 2.94. The smallest absolute Gasteiger partial charge is 0.226 e. The Hall–Kier alpha value is -2.01. The van der Waals surface area contributed by atoms with Gasteiger partial charge < -0.3 is 10.6 Å². The molecule has 5 heteroatoms. The fraction of sp³-hybridized carbons (Fsp3) is 0.267. The van der Waals surface area contributed by atoms with E-state index in [-0.39, 0.29) is 0 Å². The number of aryl methyl sites for hydroxylation is 2. The lowest BCUT2D eigenvalue weighted by molar-refractivity contribution is 0.857. The fourth-order valence-corrected chi connectivity index (χ4v) is 2.11. The lowest BCUT2D eigenvalue weighted by atomic mass is 10.1. The van der Waals surface area contributed by atoms with E-state index >= 15 is 0 Å². The summed E-state index contributed by atoms with van der Waals surface area (Å²) in [6.45, 7) is 4.73. The van der Waals surface area contributed by atoms with Gasteiger partial charge in [-0.1, -0.05) is 42.0 Å². The minimum Gasteiger partial charge on any atom is -0.388 e. The highest BCUT2D eigenvalue weighted by molar-refractivity contribution is 7.80. The van der Waals surface area contributed by atoms with Crippen LogP contribution in [0.4, 0.5) is 5.95 Å². The Morgan fingerprint density at radius 2 is 2.00 bits per heavy atom. The maximum absolute atomic E-state index is 5.65. The van der Waals surface area contributed by atoms with Crippen LogP contribution in [0.5, 0.6) is 0 Å². The highest BCUT2D eigenvalue weighted by Crippen LogP contribution is 2.13. The molecule has 0 aliphatic carbocycles. The largest absolute Gasteiger partial charge is 0.388 e. The summed E-state index contributed by atoms with van der Waals surface area (Å²) in [5.74, 6) is 0.634. The average molecular weight is 286 g/mol. The van der Waals surface area contributed by atoms with E-state index in [4.69, 9.17) is 18.0 Å². The highest BCUT2D eigenvalue weighted by atomic mass is 32.1. The van der Waals surface area contributed by atoms with Crippen LogP contribution in [-0.2, 0) is 6.54 Å². The van der Waals surface area contributed by atoms with Crippen molar-refractivity contribution in [2.24, 2.45) is 5.73 Å². The first-order valence-corrected chi connectivity index (χ1v) is 6.78. The van der Waals surface area contributed by atoms with Gasteiger partial charge in [-0.2, -0.15) is 0 Å². The summed E-state index contributed by atoms with van der Waals surface area (Å²) in [7, 11) is 1.96. The van der Waals surface area contributed by atoms with Crippen LogP contribution in [-0.4, -0.2) is 22.0 Å². The van der Waals surface area contributed by atoms with Gasteiger partial charge in [0, 0.05) is 19.3 Å². The van der Waals surface area contributed by atoms with Crippen LogP contribution in [0.15, 0.2) is 30.3 Å². The zero-order valence-corrected chi connectivity index (χ0v) is 12.7. The van der Waals surface area contributed by atoms with Crippen LogP contribution in [0.1, 0.15) is 22.5 Å². The van der Waals surface area contributed by atoms with E-state index in [1.165, 1.54) is 11.1 Å². The van der Waals surface area contributed by atoms with Gasteiger partial charge in [-0.3, -0.25) is 0 Å². The molecular weight excluding hydrogens is 268 g/mol. The molecular formula is C15H18N4S. The van der Waals surface area contributed by atoms with Gasteiger partial charge in [0.2, 0.25) is 5.95 Å². The molecule has 1 aromatic carbocycles. The third-order valence-corrected chi connectivity index (χ3v) is 3.15. The number of nitrogens with two attached hydrogens (primary N) is 1. The Labute approximate surface area is 124 Å². The van der Waals surface area contributed by atoms with E-state index < -0.39 is 0 Å². The second kappa shape index (κ2) is 5.96. The number of anilines is 1. The van der Waals surface area contributed by atoms with Gasteiger partial charge in [-0.15, -0.1) is 0 Å². The van der Waals surface area contributed by atoms with Gasteiger partial charge >= 0.3 is 0 Å². The van der Waals surface area contributed by atoms with Crippen molar-refractivity contribution in [2.45, 2.75) is 20.4 Å². The summed E-state index contributed by atoms with van der Waals surface area (Å²) in [6, 6.07) is 10.2. The van der Waals surface area contributed by atoms with Crippen molar-refractivity contribution < 1.29 is 0 Å². The van der Waals surface area contributed by atoms with Crippen molar-refractivity contribution in [1.82, 2.24) is 9.97 Å². The molecule has 0 fully saturated rings. The lowest BCUT2D eigenvalue weighted by Crippen LogP contribution is -2.22.